The number of benzene rings is 2. The summed E-state index contributed by atoms with van der Waals surface area (Å²) in [5.41, 5.74) is 1.06. The molecule has 0 saturated carbocycles. The molecule has 2 aromatic rings. The van der Waals surface area contributed by atoms with Crippen LogP contribution in [0.4, 0.5) is 4.39 Å². The number of aromatic hydroxyl groups is 2. The lowest BCUT2D eigenvalue weighted by atomic mass is 10.1. The molecule has 1 aliphatic heterocycles. The molecule has 1 aliphatic rings. The molecule has 6 heteroatoms. The zero-order valence-electron chi connectivity index (χ0n) is 12.3. The fraction of sp³-hybridized carbons (Fsp3) is 0.235. The van der Waals surface area contributed by atoms with Crippen LogP contribution in [0.25, 0.3) is 0 Å². The van der Waals surface area contributed by atoms with Crippen molar-refractivity contribution in [2.75, 3.05) is 5.75 Å². The Morgan fingerprint density at radius 3 is 2.57 bits per heavy atom. The molecule has 1 unspecified atom stereocenters. The molecule has 23 heavy (non-hydrogen) atoms. The van der Waals surface area contributed by atoms with E-state index in [1.807, 2.05) is 0 Å². The van der Waals surface area contributed by atoms with Gasteiger partial charge in [-0.3, -0.25) is 4.79 Å². The lowest BCUT2D eigenvalue weighted by molar-refractivity contribution is -0.132. The highest BCUT2D eigenvalue weighted by atomic mass is 32.2. The Labute approximate surface area is 137 Å². The predicted octanol–water partition coefficient (Wildman–Crippen LogP) is 3.40. The van der Waals surface area contributed by atoms with Crippen LogP contribution in [0, 0.1) is 5.82 Å². The summed E-state index contributed by atoms with van der Waals surface area (Å²) in [7, 11) is 0. The zero-order chi connectivity index (χ0) is 16.4. The minimum Gasteiger partial charge on any atom is -0.508 e. The first kappa shape index (κ1) is 15.7. The van der Waals surface area contributed by atoms with Gasteiger partial charge in [0.25, 0.3) is 0 Å². The summed E-state index contributed by atoms with van der Waals surface area (Å²) < 4.78 is 13.9. The lowest BCUT2D eigenvalue weighted by Gasteiger charge is -2.35. The molecule has 1 amide bonds. The van der Waals surface area contributed by atoms with Gasteiger partial charge >= 0.3 is 0 Å². The Morgan fingerprint density at radius 1 is 1.17 bits per heavy atom. The van der Waals surface area contributed by atoms with E-state index in [-0.39, 0.29) is 35.1 Å². The standard InChI is InChI=1S/C17H16FNO3S/c18-15-4-2-1-3-11(15)10-19-16(22)5-6-23-17(19)12-7-13(20)9-14(21)8-12/h1-4,7-9,17,20-21H,5-6,10H2. The lowest BCUT2D eigenvalue weighted by Crippen LogP contribution is -2.37. The third kappa shape index (κ3) is 3.42. The number of hydrogen-bond acceptors (Lipinski definition) is 4. The fourth-order valence-electron chi connectivity index (χ4n) is 2.64. The number of amides is 1. The summed E-state index contributed by atoms with van der Waals surface area (Å²) in [6, 6.07) is 10.6. The molecular formula is C17H16FNO3S. The van der Waals surface area contributed by atoms with Crippen molar-refractivity contribution in [3.8, 4) is 11.5 Å². The number of carbonyl (C=O) groups is 1. The first-order valence-electron chi connectivity index (χ1n) is 7.22. The van der Waals surface area contributed by atoms with Crippen molar-refractivity contribution in [1.82, 2.24) is 4.90 Å². The summed E-state index contributed by atoms with van der Waals surface area (Å²) in [5, 5.41) is 19.0. The first-order valence-corrected chi connectivity index (χ1v) is 8.27. The number of nitrogens with zero attached hydrogens (tertiary/aromatic N) is 1. The highest BCUT2D eigenvalue weighted by Crippen LogP contribution is 2.40. The minimum absolute atomic E-state index is 0.0653. The quantitative estimate of drug-likeness (QED) is 0.904. The second-order valence-corrected chi connectivity index (χ2v) is 6.56. The average Bonchev–Trinajstić information content (AvgIpc) is 2.50. The smallest absolute Gasteiger partial charge is 0.224 e. The number of phenolic OH excluding ortho intramolecular Hbond substituents is 2. The Morgan fingerprint density at radius 2 is 1.87 bits per heavy atom. The Hall–Kier alpha value is -2.21. The molecule has 0 aromatic heterocycles. The van der Waals surface area contributed by atoms with Crippen molar-refractivity contribution in [3.05, 3.63) is 59.4 Å². The second kappa shape index (κ2) is 6.50. The van der Waals surface area contributed by atoms with Gasteiger partial charge in [0.05, 0.1) is 0 Å². The minimum atomic E-state index is -0.367. The van der Waals surface area contributed by atoms with E-state index in [0.29, 0.717) is 23.3 Å². The summed E-state index contributed by atoms with van der Waals surface area (Å²) in [5.74, 6) is 0.0929. The first-order chi connectivity index (χ1) is 11.0. The Kier molecular flexibility index (Phi) is 4.43. The number of carbonyl (C=O) groups excluding carboxylic acids is 1. The summed E-state index contributed by atoms with van der Waals surface area (Å²) in [6.07, 6.45) is 0.389. The molecule has 1 atom stereocenters. The SMILES string of the molecule is O=C1CCSC(c2cc(O)cc(O)c2)N1Cc1ccccc1F. The van der Waals surface area contributed by atoms with Crippen LogP contribution in [0.5, 0.6) is 11.5 Å². The van der Waals surface area contributed by atoms with E-state index < -0.39 is 0 Å². The summed E-state index contributed by atoms with van der Waals surface area (Å²) in [6.45, 7) is 0.152. The molecule has 2 N–H and O–H groups in total. The van der Waals surface area contributed by atoms with Crippen molar-refractivity contribution in [2.24, 2.45) is 0 Å². The number of halogens is 1. The van der Waals surface area contributed by atoms with Gasteiger partial charge in [-0.15, -0.1) is 11.8 Å². The molecule has 1 saturated heterocycles. The molecule has 1 fully saturated rings. The number of rotatable bonds is 3. The molecule has 2 aromatic carbocycles. The normalized spacial score (nSPS) is 18.2. The molecule has 3 rings (SSSR count). The van der Waals surface area contributed by atoms with E-state index in [2.05, 4.69) is 0 Å². The maximum Gasteiger partial charge on any atom is 0.224 e. The van der Waals surface area contributed by atoms with Crippen LogP contribution in [0.3, 0.4) is 0 Å². The van der Waals surface area contributed by atoms with E-state index in [4.69, 9.17) is 0 Å². The van der Waals surface area contributed by atoms with E-state index >= 15 is 0 Å². The van der Waals surface area contributed by atoms with Crippen LogP contribution in [-0.4, -0.2) is 26.8 Å². The van der Waals surface area contributed by atoms with Gasteiger partial charge in [-0.2, -0.15) is 0 Å². The van der Waals surface area contributed by atoms with Crippen molar-refractivity contribution in [1.29, 1.82) is 0 Å². The van der Waals surface area contributed by atoms with E-state index in [0.717, 1.165) is 0 Å². The number of hydrogen-bond donors (Lipinski definition) is 2. The highest BCUT2D eigenvalue weighted by molar-refractivity contribution is 7.99. The van der Waals surface area contributed by atoms with Gasteiger partial charge in [0, 0.05) is 30.3 Å². The van der Waals surface area contributed by atoms with Crippen LogP contribution >= 0.6 is 11.8 Å². The van der Waals surface area contributed by atoms with Crippen molar-refractivity contribution >= 4 is 17.7 Å². The molecule has 0 bridgehead atoms. The molecule has 1 heterocycles. The van der Waals surface area contributed by atoms with Gasteiger partial charge in [-0.25, -0.2) is 4.39 Å². The van der Waals surface area contributed by atoms with E-state index in [1.165, 1.54) is 36.0 Å². The van der Waals surface area contributed by atoms with Crippen LogP contribution in [0.2, 0.25) is 0 Å². The zero-order valence-corrected chi connectivity index (χ0v) is 13.1. The third-order valence-corrected chi connectivity index (χ3v) is 4.99. The van der Waals surface area contributed by atoms with Gasteiger partial charge in [0.1, 0.15) is 22.7 Å². The molecule has 0 spiro atoms. The number of phenols is 2. The highest BCUT2D eigenvalue weighted by Gasteiger charge is 2.31. The largest absolute Gasteiger partial charge is 0.508 e. The van der Waals surface area contributed by atoms with Crippen LogP contribution in [0.1, 0.15) is 22.9 Å². The van der Waals surface area contributed by atoms with Crippen LogP contribution in [0.15, 0.2) is 42.5 Å². The van der Waals surface area contributed by atoms with Gasteiger partial charge in [-0.05, 0) is 23.8 Å². The molecular weight excluding hydrogens is 317 g/mol. The van der Waals surface area contributed by atoms with E-state index in [9.17, 15) is 19.4 Å². The average molecular weight is 333 g/mol. The van der Waals surface area contributed by atoms with Crippen molar-refractivity contribution in [2.45, 2.75) is 18.3 Å². The monoisotopic (exact) mass is 333 g/mol. The van der Waals surface area contributed by atoms with Crippen LogP contribution in [-0.2, 0) is 11.3 Å². The summed E-state index contributed by atoms with van der Waals surface area (Å²) in [4.78, 5) is 13.9. The maximum absolute atomic E-state index is 13.9. The van der Waals surface area contributed by atoms with E-state index in [1.54, 1.807) is 23.1 Å². The Bertz CT molecular complexity index is 717. The fourth-order valence-corrected chi connectivity index (χ4v) is 3.86. The van der Waals surface area contributed by atoms with Crippen molar-refractivity contribution < 1.29 is 19.4 Å². The van der Waals surface area contributed by atoms with Gasteiger partial charge in [0.2, 0.25) is 5.91 Å². The number of thioether (sulfide) groups is 1. The third-order valence-electron chi connectivity index (χ3n) is 3.70. The van der Waals surface area contributed by atoms with Crippen molar-refractivity contribution in [3.63, 3.8) is 0 Å². The molecule has 0 radical (unpaired) electrons. The Balaban J connectivity index is 1.93. The van der Waals surface area contributed by atoms with Gasteiger partial charge < -0.3 is 15.1 Å². The topological polar surface area (TPSA) is 60.8 Å². The maximum atomic E-state index is 13.9. The van der Waals surface area contributed by atoms with Crippen LogP contribution < -0.4 is 0 Å². The molecule has 120 valence electrons. The van der Waals surface area contributed by atoms with Gasteiger partial charge in [0.15, 0.2) is 0 Å². The van der Waals surface area contributed by atoms with Gasteiger partial charge in [-0.1, -0.05) is 18.2 Å². The predicted molar refractivity (Wildman–Crippen MR) is 86.5 cm³/mol. The second-order valence-electron chi connectivity index (χ2n) is 5.37. The summed E-state index contributed by atoms with van der Waals surface area (Å²) >= 11 is 1.53. The molecule has 4 nitrogen and oxygen atoms in total. The molecule has 0 aliphatic carbocycles.